The third-order valence-electron chi connectivity index (χ3n) is 4.79. The fraction of sp³-hybridized carbons (Fsp3) is 0.143. The molecule has 0 aliphatic carbocycles. The summed E-state index contributed by atoms with van der Waals surface area (Å²) in [6.07, 6.45) is 1.97. The summed E-state index contributed by atoms with van der Waals surface area (Å²) in [6.45, 7) is 2.73. The van der Waals surface area contributed by atoms with E-state index in [9.17, 15) is 5.26 Å². The fourth-order valence-electron chi connectivity index (χ4n) is 3.43. The van der Waals surface area contributed by atoms with Gasteiger partial charge in [-0.3, -0.25) is 4.68 Å². The van der Waals surface area contributed by atoms with E-state index in [1.54, 1.807) is 12.1 Å². The molecule has 1 atom stereocenters. The van der Waals surface area contributed by atoms with Crippen LogP contribution in [0.3, 0.4) is 0 Å². The van der Waals surface area contributed by atoms with E-state index in [1.165, 1.54) is 0 Å². The number of nitrogens with two attached hydrogens (primary N) is 2. The number of hydrogen-bond donors (Lipinski definition) is 2. The second kappa shape index (κ2) is 7.06. The zero-order valence-corrected chi connectivity index (χ0v) is 16.8. The number of benzene rings is 2. The van der Waals surface area contributed by atoms with Crippen LogP contribution in [-0.4, -0.2) is 9.78 Å². The van der Waals surface area contributed by atoms with Gasteiger partial charge in [-0.1, -0.05) is 34.1 Å². The van der Waals surface area contributed by atoms with Crippen molar-refractivity contribution < 1.29 is 4.74 Å². The molecule has 2 heterocycles. The van der Waals surface area contributed by atoms with Gasteiger partial charge in [-0.05, 0) is 25.1 Å². The molecule has 1 unspecified atom stereocenters. The van der Waals surface area contributed by atoms with Gasteiger partial charge in [0.05, 0.1) is 11.6 Å². The van der Waals surface area contributed by atoms with Gasteiger partial charge in [0.1, 0.15) is 17.4 Å². The van der Waals surface area contributed by atoms with Gasteiger partial charge in [0.2, 0.25) is 5.88 Å². The first-order valence-corrected chi connectivity index (χ1v) is 9.61. The molecular formula is C21H18BrN5O. The Hall–Kier alpha value is -3.24. The molecule has 140 valence electrons. The Morgan fingerprint density at radius 1 is 1.18 bits per heavy atom. The van der Waals surface area contributed by atoms with Crippen molar-refractivity contribution in [3.8, 4) is 23.1 Å². The Morgan fingerprint density at radius 3 is 2.61 bits per heavy atom. The smallest absolute Gasteiger partial charge is 0.205 e. The van der Waals surface area contributed by atoms with Crippen molar-refractivity contribution >= 4 is 21.6 Å². The highest BCUT2D eigenvalue weighted by Crippen LogP contribution is 2.45. The van der Waals surface area contributed by atoms with E-state index in [4.69, 9.17) is 21.3 Å². The molecule has 28 heavy (non-hydrogen) atoms. The molecule has 7 heteroatoms. The molecule has 4 N–H and O–H groups in total. The summed E-state index contributed by atoms with van der Waals surface area (Å²) in [5, 5.41) is 14.6. The van der Waals surface area contributed by atoms with Crippen LogP contribution in [0.2, 0.25) is 0 Å². The standard InChI is InChI=1S/C21H18BrN5O/c1-2-27-11-17(20(26-27)12-3-5-13(22)6-4-12)19-15-8-7-14(24)9-18(15)28-21(25)16(19)10-23/h3-9,11,19H,2,24-25H2,1H3. The molecule has 1 aliphatic heterocycles. The summed E-state index contributed by atoms with van der Waals surface area (Å²) < 4.78 is 8.54. The molecule has 0 radical (unpaired) electrons. The normalized spacial score (nSPS) is 15.7. The van der Waals surface area contributed by atoms with Crippen LogP contribution in [0.5, 0.6) is 5.75 Å². The molecule has 1 aromatic heterocycles. The first-order chi connectivity index (χ1) is 13.5. The van der Waals surface area contributed by atoms with Crippen LogP contribution in [0.4, 0.5) is 5.69 Å². The summed E-state index contributed by atoms with van der Waals surface area (Å²) in [7, 11) is 0. The minimum Gasteiger partial charge on any atom is -0.440 e. The summed E-state index contributed by atoms with van der Waals surface area (Å²) >= 11 is 3.47. The molecule has 0 saturated carbocycles. The number of nitrogens with zero attached hydrogens (tertiary/aromatic N) is 3. The van der Waals surface area contributed by atoms with Crippen LogP contribution in [0.1, 0.15) is 24.0 Å². The largest absolute Gasteiger partial charge is 0.440 e. The monoisotopic (exact) mass is 435 g/mol. The zero-order chi connectivity index (χ0) is 19.8. The maximum atomic E-state index is 9.81. The topological polar surface area (TPSA) is 103 Å². The van der Waals surface area contributed by atoms with Crippen molar-refractivity contribution in [2.75, 3.05) is 5.73 Å². The quantitative estimate of drug-likeness (QED) is 0.601. The summed E-state index contributed by atoms with van der Waals surface area (Å²) in [5.74, 6) is 0.275. The Bertz CT molecular complexity index is 1120. The SMILES string of the molecule is CCn1cc(C2C(C#N)=C(N)Oc3cc(N)ccc32)c(-c2ccc(Br)cc2)n1. The lowest BCUT2D eigenvalue weighted by atomic mass is 9.82. The van der Waals surface area contributed by atoms with E-state index in [2.05, 4.69) is 22.0 Å². The summed E-state index contributed by atoms with van der Waals surface area (Å²) in [5.41, 5.74) is 16.5. The Balaban J connectivity index is 1.96. The molecule has 1 aliphatic rings. The maximum absolute atomic E-state index is 9.81. The van der Waals surface area contributed by atoms with Gasteiger partial charge in [0.25, 0.3) is 0 Å². The molecular weight excluding hydrogens is 418 g/mol. The average molecular weight is 436 g/mol. The molecule has 0 spiro atoms. The van der Waals surface area contributed by atoms with Crippen LogP contribution in [-0.2, 0) is 6.54 Å². The van der Waals surface area contributed by atoms with Crippen LogP contribution in [0, 0.1) is 11.3 Å². The Morgan fingerprint density at radius 2 is 1.93 bits per heavy atom. The Kier molecular flexibility index (Phi) is 4.57. The zero-order valence-electron chi connectivity index (χ0n) is 15.2. The van der Waals surface area contributed by atoms with E-state index in [-0.39, 0.29) is 11.8 Å². The average Bonchev–Trinajstić information content (AvgIpc) is 3.11. The third-order valence-corrected chi connectivity index (χ3v) is 5.31. The van der Waals surface area contributed by atoms with E-state index >= 15 is 0 Å². The van der Waals surface area contributed by atoms with Crippen molar-refractivity contribution in [3.05, 3.63) is 75.7 Å². The van der Waals surface area contributed by atoms with E-state index in [0.29, 0.717) is 23.6 Å². The second-order valence-corrected chi connectivity index (χ2v) is 7.43. The molecule has 0 amide bonds. The number of nitrogen functional groups attached to an aromatic ring is 1. The molecule has 0 fully saturated rings. The number of allylic oxidation sites excluding steroid dienone is 1. The molecule has 0 saturated heterocycles. The Labute approximate surface area is 171 Å². The van der Waals surface area contributed by atoms with Gasteiger partial charge in [0, 0.05) is 45.7 Å². The maximum Gasteiger partial charge on any atom is 0.205 e. The van der Waals surface area contributed by atoms with E-state index in [1.807, 2.05) is 48.1 Å². The molecule has 3 aromatic rings. The van der Waals surface area contributed by atoms with Gasteiger partial charge in [-0.2, -0.15) is 10.4 Å². The highest BCUT2D eigenvalue weighted by atomic mass is 79.9. The van der Waals surface area contributed by atoms with Crippen LogP contribution in [0.15, 0.2) is 64.6 Å². The first-order valence-electron chi connectivity index (χ1n) is 8.82. The van der Waals surface area contributed by atoms with E-state index < -0.39 is 0 Å². The first kappa shape index (κ1) is 18.1. The molecule has 6 nitrogen and oxygen atoms in total. The molecule has 4 rings (SSSR count). The molecule has 2 aromatic carbocycles. The van der Waals surface area contributed by atoms with Crippen molar-refractivity contribution in [3.63, 3.8) is 0 Å². The lowest BCUT2D eigenvalue weighted by Crippen LogP contribution is -2.21. The highest BCUT2D eigenvalue weighted by Gasteiger charge is 2.33. The predicted molar refractivity (Wildman–Crippen MR) is 111 cm³/mol. The van der Waals surface area contributed by atoms with Gasteiger partial charge < -0.3 is 16.2 Å². The van der Waals surface area contributed by atoms with Crippen molar-refractivity contribution in [1.82, 2.24) is 9.78 Å². The number of fused-ring (bicyclic) bond motifs is 1. The van der Waals surface area contributed by atoms with E-state index in [0.717, 1.165) is 26.9 Å². The van der Waals surface area contributed by atoms with Gasteiger partial charge in [-0.25, -0.2) is 0 Å². The van der Waals surface area contributed by atoms with Gasteiger partial charge >= 0.3 is 0 Å². The van der Waals surface area contributed by atoms with Crippen LogP contribution < -0.4 is 16.2 Å². The predicted octanol–water partition coefficient (Wildman–Crippen LogP) is 4.13. The number of nitriles is 1. The van der Waals surface area contributed by atoms with Crippen LogP contribution >= 0.6 is 15.9 Å². The minimum atomic E-state index is -0.381. The third kappa shape index (κ3) is 3.02. The van der Waals surface area contributed by atoms with Gasteiger partial charge in [0.15, 0.2) is 0 Å². The fourth-order valence-corrected chi connectivity index (χ4v) is 3.70. The number of aromatic nitrogens is 2. The lowest BCUT2D eigenvalue weighted by molar-refractivity contribution is 0.394. The summed E-state index contributed by atoms with van der Waals surface area (Å²) in [4.78, 5) is 0. The summed E-state index contributed by atoms with van der Waals surface area (Å²) in [6, 6.07) is 15.6. The number of aryl methyl sites for hydroxylation is 1. The number of ether oxygens (including phenoxy) is 1. The lowest BCUT2D eigenvalue weighted by Gasteiger charge is -2.26. The molecule has 0 bridgehead atoms. The number of rotatable bonds is 3. The van der Waals surface area contributed by atoms with Gasteiger partial charge in [-0.15, -0.1) is 0 Å². The van der Waals surface area contributed by atoms with Crippen molar-refractivity contribution in [2.45, 2.75) is 19.4 Å². The van der Waals surface area contributed by atoms with Crippen molar-refractivity contribution in [1.29, 1.82) is 5.26 Å². The van der Waals surface area contributed by atoms with Crippen LogP contribution in [0.25, 0.3) is 11.3 Å². The number of hydrogen-bond acceptors (Lipinski definition) is 5. The second-order valence-electron chi connectivity index (χ2n) is 6.52. The minimum absolute atomic E-state index is 0.0941. The number of anilines is 1. The van der Waals surface area contributed by atoms with Crippen molar-refractivity contribution in [2.24, 2.45) is 5.73 Å². The number of halogens is 1. The highest BCUT2D eigenvalue weighted by molar-refractivity contribution is 9.10.